The quantitative estimate of drug-likeness (QED) is 0.408. The van der Waals surface area contributed by atoms with Crippen molar-refractivity contribution in [2.75, 3.05) is 24.6 Å². The molecule has 2 aliphatic heterocycles. The van der Waals surface area contributed by atoms with E-state index in [0.29, 0.717) is 37.5 Å². The molecule has 9 heteroatoms. The number of nitrogens with one attached hydrogen (secondary N) is 2. The van der Waals surface area contributed by atoms with Crippen LogP contribution in [0.3, 0.4) is 0 Å². The maximum atomic E-state index is 12.1. The number of anilines is 1. The maximum absolute atomic E-state index is 12.1. The van der Waals surface area contributed by atoms with E-state index in [2.05, 4.69) is 37.5 Å². The summed E-state index contributed by atoms with van der Waals surface area (Å²) in [6.45, 7) is 4.96. The number of piperidine rings is 2. The van der Waals surface area contributed by atoms with Crippen LogP contribution in [0.4, 0.5) is 5.69 Å². The number of halogens is 1. The van der Waals surface area contributed by atoms with Gasteiger partial charge in [0, 0.05) is 47.3 Å². The van der Waals surface area contributed by atoms with Crippen LogP contribution in [0.25, 0.3) is 0 Å². The minimum Gasteiger partial charge on any atom is -0.494 e. The number of amides is 3. The van der Waals surface area contributed by atoms with Gasteiger partial charge >= 0.3 is 0 Å². The second-order valence-electron chi connectivity index (χ2n) is 9.53. The fraction of sp³-hybridized carbons (Fsp3) is 0.444. The zero-order chi connectivity index (χ0) is 25.7. The first-order valence-corrected chi connectivity index (χ1v) is 13.2. The molecule has 0 spiro atoms. The fourth-order valence-corrected chi connectivity index (χ4v) is 5.44. The molecule has 1 unspecified atom stereocenters. The van der Waals surface area contributed by atoms with Crippen molar-refractivity contribution in [3.05, 3.63) is 57.6 Å². The van der Waals surface area contributed by atoms with Crippen molar-refractivity contribution in [3.63, 3.8) is 0 Å². The molecule has 2 heterocycles. The molecule has 4 N–H and O–H groups in total. The first-order valence-electron chi connectivity index (χ1n) is 12.4. The van der Waals surface area contributed by atoms with Crippen molar-refractivity contribution < 1.29 is 19.1 Å². The Kier molecular flexibility index (Phi) is 8.64. The Labute approximate surface area is 220 Å². The number of ether oxygens (including phenoxy) is 1. The van der Waals surface area contributed by atoms with Crippen molar-refractivity contribution in [3.8, 4) is 5.75 Å². The number of hydrogen-bond acceptors (Lipinski definition) is 6. The monoisotopic (exact) mass is 556 g/mol. The average Bonchev–Trinajstić information content (AvgIpc) is 2.84. The van der Waals surface area contributed by atoms with Gasteiger partial charge in [0.15, 0.2) is 0 Å². The van der Waals surface area contributed by atoms with Gasteiger partial charge in [-0.1, -0.05) is 22.0 Å². The topological polar surface area (TPSA) is 114 Å². The molecular weight excluding hydrogens is 524 g/mol. The first kappa shape index (κ1) is 26.2. The molecular formula is C27H33BrN4O4. The molecule has 0 aromatic heterocycles. The Balaban J connectivity index is 1.28. The summed E-state index contributed by atoms with van der Waals surface area (Å²) in [5.74, 6) is 0.471. The Hall–Kier alpha value is -2.91. The number of imide groups is 1. The summed E-state index contributed by atoms with van der Waals surface area (Å²) in [5.41, 5.74) is 9.02. The third kappa shape index (κ3) is 6.44. The van der Waals surface area contributed by atoms with Gasteiger partial charge in [0.25, 0.3) is 0 Å². The summed E-state index contributed by atoms with van der Waals surface area (Å²) < 4.78 is 6.95. The second kappa shape index (κ2) is 11.9. The smallest absolute Gasteiger partial charge is 0.248 e. The molecule has 2 fully saturated rings. The first-order chi connectivity index (χ1) is 17.3. The molecule has 0 saturated carbocycles. The highest BCUT2D eigenvalue weighted by Gasteiger charge is 2.27. The van der Waals surface area contributed by atoms with Crippen LogP contribution in [0.2, 0.25) is 0 Å². The minimum absolute atomic E-state index is 0.205. The number of primary amides is 1. The summed E-state index contributed by atoms with van der Waals surface area (Å²) in [6, 6.07) is 11.2. The number of rotatable bonds is 9. The van der Waals surface area contributed by atoms with Gasteiger partial charge in [0.1, 0.15) is 5.75 Å². The van der Waals surface area contributed by atoms with E-state index in [9.17, 15) is 14.4 Å². The summed E-state index contributed by atoms with van der Waals surface area (Å²) in [5, 5.41) is 5.74. The lowest BCUT2D eigenvalue weighted by Crippen LogP contribution is -2.50. The van der Waals surface area contributed by atoms with Crippen LogP contribution < -0.4 is 26.0 Å². The Morgan fingerprint density at radius 1 is 1.19 bits per heavy atom. The molecule has 1 atom stereocenters. The van der Waals surface area contributed by atoms with Crippen LogP contribution in [0, 0.1) is 12.8 Å². The summed E-state index contributed by atoms with van der Waals surface area (Å²) in [7, 11) is 0. The van der Waals surface area contributed by atoms with Crippen molar-refractivity contribution in [1.29, 1.82) is 0 Å². The van der Waals surface area contributed by atoms with Crippen LogP contribution in [0.15, 0.2) is 40.9 Å². The van der Waals surface area contributed by atoms with E-state index < -0.39 is 5.91 Å². The van der Waals surface area contributed by atoms with Gasteiger partial charge in [0.2, 0.25) is 17.7 Å². The third-order valence-electron chi connectivity index (χ3n) is 7.07. The lowest BCUT2D eigenvalue weighted by molar-refractivity contribution is -0.134. The third-order valence-corrected chi connectivity index (χ3v) is 7.81. The average molecular weight is 557 g/mol. The van der Waals surface area contributed by atoms with Crippen LogP contribution >= 0.6 is 15.9 Å². The zero-order valence-electron chi connectivity index (χ0n) is 20.5. The number of aryl methyl sites for hydroxylation is 1. The SMILES string of the molecule is Cc1cc(OCCC2CCN(c3cccc(Br)c3CNC3CCC(=O)NC3=O)CC2)ccc1C(N)=O. The number of carbonyl (C=O) groups is 3. The molecule has 4 rings (SSSR count). The lowest BCUT2D eigenvalue weighted by atomic mass is 9.93. The predicted octanol–water partition coefficient (Wildman–Crippen LogP) is 3.44. The zero-order valence-corrected chi connectivity index (χ0v) is 22.1. The molecule has 8 nitrogen and oxygen atoms in total. The standard InChI is InChI=1S/C27H33BrN4O4/c1-17-15-19(5-6-20(17)26(29)34)36-14-11-18-9-12-32(13-10-18)24-4-2-3-22(28)21(24)16-30-23-7-8-25(33)31-27(23)35/h2-6,15,18,23,30H,7-14,16H2,1H3,(H2,29,34)(H,31,33,35). The number of hydrogen-bond donors (Lipinski definition) is 3. The summed E-state index contributed by atoms with van der Waals surface area (Å²) >= 11 is 3.69. The number of nitrogens with zero attached hydrogens (tertiary/aromatic N) is 1. The molecule has 3 amide bonds. The Bertz CT molecular complexity index is 1130. The Morgan fingerprint density at radius 3 is 2.67 bits per heavy atom. The van der Waals surface area contributed by atoms with Crippen molar-refractivity contribution in [2.45, 2.75) is 51.6 Å². The van der Waals surface area contributed by atoms with E-state index in [1.165, 1.54) is 5.69 Å². The highest BCUT2D eigenvalue weighted by Crippen LogP contribution is 2.32. The van der Waals surface area contributed by atoms with Gasteiger partial charge in [-0.05, 0) is 74.4 Å². The fourth-order valence-electron chi connectivity index (χ4n) is 4.94. The van der Waals surface area contributed by atoms with Crippen molar-refractivity contribution >= 4 is 39.3 Å². The van der Waals surface area contributed by atoms with Gasteiger partial charge < -0.3 is 20.7 Å². The molecule has 0 radical (unpaired) electrons. The van der Waals surface area contributed by atoms with E-state index in [0.717, 1.165) is 53.7 Å². The van der Waals surface area contributed by atoms with Crippen LogP contribution in [-0.4, -0.2) is 43.5 Å². The van der Waals surface area contributed by atoms with E-state index >= 15 is 0 Å². The normalized spacial score (nSPS) is 18.7. The molecule has 2 aliphatic rings. The summed E-state index contributed by atoms with van der Waals surface area (Å²) in [4.78, 5) is 37.4. The number of nitrogens with two attached hydrogens (primary N) is 1. The predicted molar refractivity (Wildman–Crippen MR) is 142 cm³/mol. The lowest BCUT2D eigenvalue weighted by Gasteiger charge is -2.35. The molecule has 36 heavy (non-hydrogen) atoms. The van der Waals surface area contributed by atoms with E-state index in [-0.39, 0.29) is 17.9 Å². The van der Waals surface area contributed by atoms with E-state index in [4.69, 9.17) is 10.5 Å². The van der Waals surface area contributed by atoms with Gasteiger partial charge in [-0.2, -0.15) is 0 Å². The number of carbonyl (C=O) groups excluding carboxylic acids is 3. The minimum atomic E-state index is -0.425. The second-order valence-corrected chi connectivity index (χ2v) is 10.4. The molecule has 0 aliphatic carbocycles. The van der Waals surface area contributed by atoms with Crippen molar-refractivity contribution in [2.24, 2.45) is 11.7 Å². The van der Waals surface area contributed by atoms with Gasteiger partial charge in [-0.3, -0.25) is 19.7 Å². The van der Waals surface area contributed by atoms with Gasteiger partial charge in [-0.25, -0.2) is 0 Å². The molecule has 2 saturated heterocycles. The highest BCUT2D eigenvalue weighted by atomic mass is 79.9. The van der Waals surface area contributed by atoms with Gasteiger partial charge in [-0.15, -0.1) is 0 Å². The summed E-state index contributed by atoms with van der Waals surface area (Å²) in [6.07, 6.45) is 4.02. The molecule has 2 aromatic rings. The van der Waals surface area contributed by atoms with Crippen LogP contribution in [0.1, 0.15) is 53.6 Å². The van der Waals surface area contributed by atoms with Crippen LogP contribution in [-0.2, 0) is 16.1 Å². The van der Waals surface area contributed by atoms with E-state index in [1.807, 2.05) is 25.1 Å². The number of benzene rings is 2. The Morgan fingerprint density at radius 2 is 1.97 bits per heavy atom. The molecule has 192 valence electrons. The highest BCUT2D eigenvalue weighted by molar-refractivity contribution is 9.10. The van der Waals surface area contributed by atoms with E-state index in [1.54, 1.807) is 12.1 Å². The largest absolute Gasteiger partial charge is 0.494 e. The maximum Gasteiger partial charge on any atom is 0.248 e. The van der Waals surface area contributed by atoms with Crippen molar-refractivity contribution in [1.82, 2.24) is 10.6 Å². The van der Waals surface area contributed by atoms with Crippen LogP contribution in [0.5, 0.6) is 5.75 Å². The molecule has 2 aromatic carbocycles. The van der Waals surface area contributed by atoms with Gasteiger partial charge in [0.05, 0.1) is 12.6 Å². The molecule has 0 bridgehead atoms.